The van der Waals surface area contributed by atoms with Crippen LogP contribution in [0, 0.1) is 55.4 Å². The monoisotopic (exact) mass is 830 g/mol. The fraction of sp³-hybridized carbons (Fsp3) is 0.194. The van der Waals surface area contributed by atoms with Crippen LogP contribution in [0.15, 0.2) is 163 Å². The highest BCUT2D eigenvalue weighted by Gasteiger charge is 2.29. The van der Waals surface area contributed by atoms with Crippen molar-refractivity contribution in [1.29, 1.82) is 0 Å². The first-order valence-corrected chi connectivity index (χ1v) is 22.9. The van der Waals surface area contributed by atoms with E-state index in [1.165, 1.54) is 127 Å². The van der Waals surface area contributed by atoms with Crippen molar-refractivity contribution in [2.24, 2.45) is 0 Å². The van der Waals surface area contributed by atoms with Gasteiger partial charge in [-0.15, -0.1) is 0 Å². The van der Waals surface area contributed by atoms with Crippen LogP contribution in [0.4, 0.5) is 28.4 Å². The van der Waals surface area contributed by atoms with Gasteiger partial charge < -0.3 is 9.80 Å². The molecule has 0 radical (unpaired) electrons. The Hall–Kier alpha value is -6.90. The summed E-state index contributed by atoms with van der Waals surface area (Å²) in [6.45, 7) is 22.2. The van der Waals surface area contributed by atoms with Gasteiger partial charge in [-0.1, -0.05) is 125 Å². The molecule has 0 heterocycles. The van der Waals surface area contributed by atoms with Crippen LogP contribution in [0.1, 0.15) is 64.8 Å². The SMILES string of the molecule is CC1=CC(N(c2cc(C)cc(C)c2)c2cc(-c3ccc(C)cc3)c3ccc4c(N(c5cc(C)cc(C)c5)c5cc(C)cc(C)c5)cc(-c5ccc(C)cc5)c5ccc2c3c54)CC(C)=C1. The summed E-state index contributed by atoms with van der Waals surface area (Å²) in [5.41, 5.74) is 23.6. The third-order valence-electron chi connectivity index (χ3n) is 13.3. The van der Waals surface area contributed by atoms with E-state index < -0.39 is 0 Å². The molecule has 9 aromatic rings. The van der Waals surface area contributed by atoms with Gasteiger partial charge in [0, 0.05) is 38.6 Å². The summed E-state index contributed by atoms with van der Waals surface area (Å²) in [6, 6.07) is 54.1. The van der Waals surface area contributed by atoms with Crippen LogP contribution < -0.4 is 9.80 Å². The summed E-state index contributed by atoms with van der Waals surface area (Å²) >= 11 is 0. The van der Waals surface area contributed by atoms with Crippen LogP contribution in [0.25, 0.3) is 54.6 Å². The van der Waals surface area contributed by atoms with Crippen molar-refractivity contribution in [3.05, 3.63) is 207 Å². The van der Waals surface area contributed by atoms with Crippen molar-refractivity contribution in [2.75, 3.05) is 9.80 Å². The van der Waals surface area contributed by atoms with Crippen molar-refractivity contribution in [3.8, 4) is 22.3 Å². The standard InChI is InChI=1S/C62H58N2/c1-37-11-15-47(16-12-37)57-35-59(63(49-27-39(3)23-40(4)28-49)50-29-41(5)24-42(6)30-50)55-22-20-54-58(48-17-13-38(2)14-18-48)36-60(56-21-19-53(57)61(55)62(54)56)64(51-31-43(7)25-44(8)32-51)52-33-45(9)26-46(10)34-52/h11-33,35-36,52H,34H2,1-10H3. The van der Waals surface area contributed by atoms with E-state index in [1.807, 2.05) is 0 Å². The van der Waals surface area contributed by atoms with Crippen LogP contribution in [-0.4, -0.2) is 6.04 Å². The number of allylic oxidation sites excluding steroid dienone is 2. The molecule has 0 aromatic heterocycles. The van der Waals surface area contributed by atoms with Gasteiger partial charge >= 0.3 is 0 Å². The van der Waals surface area contributed by atoms with Crippen LogP contribution in [0.3, 0.4) is 0 Å². The summed E-state index contributed by atoms with van der Waals surface area (Å²) in [5, 5.41) is 7.63. The van der Waals surface area contributed by atoms with E-state index in [2.05, 4.69) is 231 Å². The molecule has 1 unspecified atom stereocenters. The fourth-order valence-corrected chi connectivity index (χ4v) is 10.8. The van der Waals surface area contributed by atoms with E-state index in [9.17, 15) is 0 Å². The maximum atomic E-state index is 2.66. The second kappa shape index (κ2) is 16.0. The van der Waals surface area contributed by atoms with Gasteiger partial charge in [-0.05, 0) is 191 Å². The zero-order valence-electron chi connectivity index (χ0n) is 39.1. The average molecular weight is 831 g/mol. The van der Waals surface area contributed by atoms with Gasteiger partial charge in [-0.3, -0.25) is 0 Å². The van der Waals surface area contributed by atoms with Crippen molar-refractivity contribution >= 4 is 60.8 Å². The summed E-state index contributed by atoms with van der Waals surface area (Å²) in [5.74, 6) is 0. The van der Waals surface area contributed by atoms with Gasteiger partial charge in [0.2, 0.25) is 0 Å². The molecule has 316 valence electrons. The molecule has 0 bridgehead atoms. The summed E-state index contributed by atoms with van der Waals surface area (Å²) in [6.07, 6.45) is 5.78. The molecule has 0 N–H and O–H groups in total. The number of benzene rings is 9. The largest absolute Gasteiger partial charge is 0.334 e. The lowest BCUT2D eigenvalue weighted by Gasteiger charge is -2.36. The van der Waals surface area contributed by atoms with E-state index in [0.29, 0.717) is 0 Å². The molecule has 1 atom stereocenters. The summed E-state index contributed by atoms with van der Waals surface area (Å²) in [7, 11) is 0. The van der Waals surface area contributed by atoms with Crippen LogP contribution >= 0.6 is 0 Å². The first kappa shape index (κ1) is 41.1. The predicted octanol–water partition coefficient (Wildman–Crippen LogP) is 17.7. The number of hydrogen-bond acceptors (Lipinski definition) is 2. The van der Waals surface area contributed by atoms with Gasteiger partial charge in [-0.2, -0.15) is 0 Å². The van der Waals surface area contributed by atoms with Crippen LogP contribution in [-0.2, 0) is 0 Å². The Morgan fingerprint density at radius 3 is 1.20 bits per heavy atom. The molecule has 1 aliphatic carbocycles. The van der Waals surface area contributed by atoms with E-state index in [1.54, 1.807) is 0 Å². The van der Waals surface area contributed by atoms with E-state index in [4.69, 9.17) is 0 Å². The van der Waals surface area contributed by atoms with Crippen LogP contribution in [0.5, 0.6) is 0 Å². The third-order valence-corrected chi connectivity index (χ3v) is 13.3. The summed E-state index contributed by atoms with van der Waals surface area (Å²) in [4.78, 5) is 5.18. The van der Waals surface area contributed by atoms with Crippen molar-refractivity contribution in [1.82, 2.24) is 0 Å². The number of anilines is 5. The normalized spacial score (nSPS) is 14.1. The van der Waals surface area contributed by atoms with Gasteiger partial charge in [0.15, 0.2) is 0 Å². The highest BCUT2D eigenvalue weighted by molar-refractivity contribution is 6.32. The van der Waals surface area contributed by atoms with E-state index >= 15 is 0 Å². The Morgan fingerprint density at radius 2 is 0.766 bits per heavy atom. The van der Waals surface area contributed by atoms with E-state index in [-0.39, 0.29) is 6.04 Å². The minimum Gasteiger partial charge on any atom is -0.334 e. The van der Waals surface area contributed by atoms with Gasteiger partial charge in [0.1, 0.15) is 0 Å². The van der Waals surface area contributed by atoms with Crippen molar-refractivity contribution in [3.63, 3.8) is 0 Å². The third kappa shape index (κ3) is 7.45. The quantitative estimate of drug-likeness (QED) is 0.141. The van der Waals surface area contributed by atoms with Gasteiger partial charge in [0.05, 0.1) is 17.4 Å². The maximum absolute atomic E-state index is 2.66. The first-order valence-electron chi connectivity index (χ1n) is 22.9. The minimum atomic E-state index is 0.138. The lowest BCUT2D eigenvalue weighted by atomic mass is 9.84. The first-order chi connectivity index (χ1) is 30.8. The molecular formula is C62H58N2. The average Bonchev–Trinajstić information content (AvgIpc) is 3.23. The maximum Gasteiger partial charge on any atom is 0.0565 e. The van der Waals surface area contributed by atoms with Gasteiger partial charge in [0.25, 0.3) is 0 Å². The molecule has 10 rings (SSSR count). The zero-order chi connectivity index (χ0) is 44.6. The summed E-state index contributed by atoms with van der Waals surface area (Å²) < 4.78 is 0. The molecule has 0 amide bonds. The highest BCUT2D eigenvalue weighted by atomic mass is 15.2. The van der Waals surface area contributed by atoms with E-state index in [0.717, 1.165) is 17.8 Å². The smallest absolute Gasteiger partial charge is 0.0565 e. The molecule has 1 aliphatic rings. The lowest BCUT2D eigenvalue weighted by Crippen LogP contribution is -2.31. The molecule has 2 heteroatoms. The molecule has 0 aliphatic heterocycles. The van der Waals surface area contributed by atoms with Crippen molar-refractivity contribution in [2.45, 2.75) is 81.7 Å². The molecule has 0 spiro atoms. The highest BCUT2D eigenvalue weighted by Crippen LogP contribution is 2.52. The lowest BCUT2D eigenvalue weighted by molar-refractivity contribution is 0.751. The molecule has 9 aromatic carbocycles. The minimum absolute atomic E-state index is 0.138. The topological polar surface area (TPSA) is 6.48 Å². The number of hydrogen-bond donors (Lipinski definition) is 0. The number of nitrogens with zero attached hydrogens (tertiary/aromatic N) is 2. The number of aryl methyl sites for hydroxylation is 8. The second-order valence-corrected chi connectivity index (χ2v) is 19.1. The van der Waals surface area contributed by atoms with Crippen molar-refractivity contribution < 1.29 is 0 Å². The Bertz CT molecular complexity index is 3230. The zero-order valence-corrected chi connectivity index (χ0v) is 39.1. The Labute approximate surface area is 380 Å². The predicted molar refractivity (Wildman–Crippen MR) is 278 cm³/mol. The molecular weight excluding hydrogens is 773 g/mol. The number of rotatable bonds is 8. The molecule has 64 heavy (non-hydrogen) atoms. The Balaban J connectivity index is 1.39. The Morgan fingerprint density at radius 1 is 0.375 bits per heavy atom. The Kier molecular flexibility index (Phi) is 10.3. The fourth-order valence-electron chi connectivity index (χ4n) is 10.8. The van der Waals surface area contributed by atoms with Crippen LogP contribution in [0.2, 0.25) is 0 Å². The molecule has 0 saturated carbocycles. The molecule has 0 saturated heterocycles. The molecule has 2 nitrogen and oxygen atoms in total. The molecule has 0 fully saturated rings. The van der Waals surface area contributed by atoms with Gasteiger partial charge in [-0.25, -0.2) is 0 Å². The second-order valence-electron chi connectivity index (χ2n) is 19.1.